The largest absolute Gasteiger partial charge is 0.496 e. The smallest absolute Gasteiger partial charge is 0.124 e. The van der Waals surface area contributed by atoms with E-state index >= 15 is 0 Å². The summed E-state index contributed by atoms with van der Waals surface area (Å²) < 4.78 is 11.0. The van der Waals surface area contributed by atoms with E-state index in [0.717, 1.165) is 30.8 Å². The van der Waals surface area contributed by atoms with Crippen molar-refractivity contribution < 1.29 is 9.47 Å². The monoisotopic (exact) mass is 249 g/mol. The van der Waals surface area contributed by atoms with Crippen molar-refractivity contribution in [2.45, 2.75) is 45.2 Å². The Labute approximate surface area is 109 Å². The lowest BCUT2D eigenvalue weighted by Crippen LogP contribution is -2.39. The maximum Gasteiger partial charge on any atom is 0.124 e. The Morgan fingerprint density at radius 2 is 1.78 bits per heavy atom. The third-order valence-electron chi connectivity index (χ3n) is 3.85. The summed E-state index contributed by atoms with van der Waals surface area (Å²) in [5, 5.41) is 3.70. The van der Waals surface area contributed by atoms with Crippen molar-refractivity contribution in [3.63, 3.8) is 0 Å². The molecular formula is C15H23NO2. The second kappa shape index (κ2) is 5.61. The summed E-state index contributed by atoms with van der Waals surface area (Å²) >= 11 is 0. The number of hydrogen-bond acceptors (Lipinski definition) is 3. The van der Waals surface area contributed by atoms with Crippen molar-refractivity contribution in [1.82, 2.24) is 5.32 Å². The molecule has 2 rings (SSSR count). The van der Waals surface area contributed by atoms with Crippen molar-refractivity contribution >= 4 is 0 Å². The topological polar surface area (TPSA) is 30.5 Å². The Kier molecular flexibility index (Phi) is 4.12. The number of nitrogens with one attached hydrogen (secondary N) is 1. The van der Waals surface area contributed by atoms with Crippen LogP contribution in [0.25, 0.3) is 0 Å². The van der Waals surface area contributed by atoms with Gasteiger partial charge in [0.15, 0.2) is 0 Å². The number of benzene rings is 1. The molecule has 3 heteroatoms. The van der Waals surface area contributed by atoms with E-state index in [4.69, 9.17) is 9.47 Å². The quantitative estimate of drug-likeness (QED) is 0.889. The highest BCUT2D eigenvalue weighted by atomic mass is 16.5. The van der Waals surface area contributed by atoms with Crippen LogP contribution in [-0.2, 0) is 6.42 Å². The molecular weight excluding hydrogens is 226 g/mol. The molecule has 1 aliphatic rings. The van der Waals surface area contributed by atoms with Gasteiger partial charge in [0, 0.05) is 23.2 Å². The summed E-state index contributed by atoms with van der Waals surface area (Å²) in [5.41, 5.74) is 2.60. The lowest BCUT2D eigenvalue weighted by molar-refractivity contribution is 0.341. The highest BCUT2D eigenvalue weighted by Gasteiger charge is 2.29. The van der Waals surface area contributed by atoms with Gasteiger partial charge < -0.3 is 14.8 Å². The first-order chi connectivity index (χ1) is 8.74. The second-order valence-electron chi connectivity index (χ2n) is 4.80. The predicted octanol–water partition coefficient (Wildman–Crippen LogP) is 3.08. The van der Waals surface area contributed by atoms with Gasteiger partial charge in [0.2, 0.25) is 0 Å². The van der Waals surface area contributed by atoms with E-state index in [-0.39, 0.29) is 0 Å². The Morgan fingerprint density at radius 3 is 2.33 bits per heavy atom. The SMILES string of the molecule is CCC1Cc2c(OC)ccc(OC)c2C(CC)N1. The van der Waals surface area contributed by atoms with Gasteiger partial charge in [-0.15, -0.1) is 0 Å². The fraction of sp³-hybridized carbons (Fsp3) is 0.600. The normalized spacial score (nSPS) is 22.4. The summed E-state index contributed by atoms with van der Waals surface area (Å²) in [6.45, 7) is 4.43. The molecule has 3 nitrogen and oxygen atoms in total. The fourth-order valence-corrected chi connectivity index (χ4v) is 2.84. The summed E-state index contributed by atoms with van der Waals surface area (Å²) in [6, 6.07) is 4.92. The van der Waals surface area contributed by atoms with E-state index in [9.17, 15) is 0 Å². The van der Waals surface area contributed by atoms with Crippen LogP contribution in [0.15, 0.2) is 12.1 Å². The molecule has 0 spiro atoms. The van der Waals surface area contributed by atoms with Crippen LogP contribution in [0.5, 0.6) is 11.5 Å². The zero-order valence-corrected chi connectivity index (χ0v) is 11.7. The van der Waals surface area contributed by atoms with Crippen LogP contribution in [0.2, 0.25) is 0 Å². The molecule has 1 N–H and O–H groups in total. The van der Waals surface area contributed by atoms with Crippen LogP contribution in [0.1, 0.15) is 43.9 Å². The van der Waals surface area contributed by atoms with Gasteiger partial charge in [-0.05, 0) is 31.4 Å². The van der Waals surface area contributed by atoms with Crippen molar-refractivity contribution in [1.29, 1.82) is 0 Å². The molecule has 0 aliphatic carbocycles. The third kappa shape index (κ3) is 2.19. The molecule has 0 saturated carbocycles. The maximum absolute atomic E-state index is 5.52. The Bertz CT molecular complexity index is 417. The highest BCUT2D eigenvalue weighted by molar-refractivity contribution is 5.52. The predicted molar refractivity (Wildman–Crippen MR) is 73.5 cm³/mol. The first-order valence-electron chi connectivity index (χ1n) is 6.74. The van der Waals surface area contributed by atoms with Gasteiger partial charge in [-0.3, -0.25) is 0 Å². The molecule has 1 aromatic carbocycles. The molecule has 0 aromatic heterocycles. The molecule has 100 valence electrons. The minimum Gasteiger partial charge on any atom is -0.496 e. The zero-order chi connectivity index (χ0) is 13.1. The van der Waals surface area contributed by atoms with Crippen molar-refractivity contribution in [3.05, 3.63) is 23.3 Å². The lowest BCUT2D eigenvalue weighted by Gasteiger charge is -2.34. The molecule has 0 bridgehead atoms. The van der Waals surface area contributed by atoms with Crippen molar-refractivity contribution in [2.75, 3.05) is 14.2 Å². The first-order valence-corrected chi connectivity index (χ1v) is 6.74. The standard InChI is InChI=1S/C15H23NO2/c1-5-10-9-11-13(17-3)7-8-14(18-4)15(11)12(6-2)16-10/h7-8,10,12,16H,5-6,9H2,1-4H3. The Hall–Kier alpha value is -1.22. The minimum atomic E-state index is 0.365. The van der Waals surface area contributed by atoms with Crippen LogP contribution in [0.4, 0.5) is 0 Å². The lowest BCUT2D eigenvalue weighted by atomic mass is 9.86. The molecule has 2 atom stereocenters. The van der Waals surface area contributed by atoms with E-state index < -0.39 is 0 Å². The Morgan fingerprint density at radius 1 is 1.11 bits per heavy atom. The van der Waals surface area contributed by atoms with E-state index in [1.165, 1.54) is 11.1 Å². The molecule has 0 fully saturated rings. The molecule has 0 radical (unpaired) electrons. The molecule has 0 saturated heterocycles. The van der Waals surface area contributed by atoms with Gasteiger partial charge in [0.05, 0.1) is 14.2 Å². The molecule has 0 amide bonds. The molecule has 1 heterocycles. The van der Waals surface area contributed by atoms with Crippen LogP contribution in [0.3, 0.4) is 0 Å². The summed E-state index contributed by atoms with van der Waals surface area (Å²) in [6.07, 6.45) is 3.21. The van der Waals surface area contributed by atoms with Gasteiger partial charge in [-0.25, -0.2) is 0 Å². The molecule has 2 unspecified atom stereocenters. The van der Waals surface area contributed by atoms with Gasteiger partial charge in [0.25, 0.3) is 0 Å². The summed E-state index contributed by atoms with van der Waals surface area (Å²) in [7, 11) is 3.48. The summed E-state index contributed by atoms with van der Waals surface area (Å²) in [4.78, 5) is 0. The molecule has 18 heavy (non-hydrogen) atoms. The van der Waals surface area contributed by atoms with Crippen LogP contribution in [-0.4, -0.2) is 20.3 Å². The van der Waals surface area contributed by atoms with Gasteiger partial charge in [-0.1, -0.05) is 13.8 Å². The number of hydrogen-bond donors (Lipinski definition) is 1. The van der Waals surface area contributed by atoms with Gasteiger partial charge >= 0.3 is 0 Å². The van der Waals surface area contributed by atoms with Crippen LogP contribution < -0.4 is 14.8 Å². The zero-order valence-electron chi connectivity index (χ0n) is 11.7. The molecule has 1 aromatic rings. The first kappa shape index (κ1) is 13.2. The maximum atomic E-state index is 5.52. The highest BCUT2D eigenvalue weighted by Crippen LogP contribution is 2.40. The van der Waals surface area contributed by atoms with E-state index in [2.05, 4.69) is 19.2 Å². The number of ether oxygens (including phenoxy) is 2. The average molecular weight is 249 g/mol. The number of methoxy groups -OCH3 is 2. The van der Waals surface area contributed by atoms with Gasteiger partial charge in [-0.2, -0.15) is 0 Å². The van der Waals surface area contributed by atoms with Crippen LogP contribution >= 0.6 is 0 Å². The third-order valence-corrected chi connectivity index (χ3v) is 3.85. The number of fused-ring (bicyclic) bond motifs is 1. The average Bonchev–Trinajstić information content (AvgIpc) is 2.44. The van der Waals surface area contributed by atoms with E-state index in [0.29, 0.717) is 12.1 Å². The van der Waals surface area contributed by atoms with Gasteiger partial charge in [0.1, 0.15) is 11.5 Å². The number of rotatable bonds is 4. The fourth-order valence-electron chi connectivity index (χ4n) is 2.84. The summed E-state index contributed by atoms with van der Waals surface area (Å²) in [5.74, 6) is 1.96. The van der Waals surface area contributed by atoms with E-state index in [1.807, 2.05) is 12.1 Å². The Balaban J connectivity index is 2.52. The van der Waals surface area contributed by atoms with Crippen molar-refractivity contribution in [3.8, 4) is 11.5 Å². The second-order valence-corrected chi connectivity index (χ2v) is 4.80. The van der Waals surface area contributed by atoms with Crippen molar-refractivity contribution in [2.24, 2.45) is 0 Å². The van der Waals surface area contributed by atoms with Crippen LogP contribution in [0, 0.1) is 0 Å². The molecule has 1 aliphatic heterocycles. The van der Waals surface area contributed by atoms with E-state index in [1.54, 1.807) is 14.2 Å². The minimum absolute atomic E-state index is 0.365.